The summed E-state index contributed by atoms with van der Waals surface area (Å²) in [5, 5.41) is 0. The third-order valence-corrected chi connectivity index (χ3v) is 3.27. The molecule has 0 aromatic heterocycles. The van der Waals surface area contributed by atoms with Gasteiger partial charge in [0.2, 0.25) is 0 Å². The Morgan fingerprint density at radius 3 is 2.30 bits per heavy atom. The first-order chi connectivity index (χ1) is 9.79. The molecular weight excluding hydrogens is 248 g/mol. The van der Waals surface area contributed by atoms with E-state index in [1.807, 2.05) is 37.3 Å². The number of hydrogen-bond acceptors (Lipinski definition) is 2. The van der Waals surface area contributed by atoms with E-state index >= 15 is 0 Å². The fourth-order valence-electron chi connectivity index (χ4n) is 2.02. The topological polar surface area (TPSA) is 18.5 Å². The van der Waals surface area contributed by atoms with Crippen LogP contribution in [0, 0.1) is 0 Å². The van der Waals surface area contributed by atoms with E-state index in [9.17, 15) is 0 Å². The van der Waals surface area contributed by atoms with Crippen LogP contribution in [0.15, 0.2) is 54.6 Å². The lowest BCUT2D eigenvalue weighted by Gasteiger charge is -2.12. The highest BCUT2D eigenvalue weighted by Crippen LogP contribution is 2.20. The van der Waals surface area contributed by atoms with Crippen LogP contribution < -0.4 is 4.74 Å². The van der Waals surface area contributed by atoms with Crippen LogP contribution in [-0.4, -0.2) is 13.2 Å². The van der Waals surface area contributed by atoms with Crippen molar-refractivity contribution >= 4 is 0 Å². The zero-order valence-corrected chi connectivity index (χ0v) is 12.2. The van der Waals surface area contributed by atoms with Gasteiger partial charge in [-0.2, -0.15) is 0 Å². The molecule has 0 heterocycles. The molecule has 0 spiro atoms. The molecule has 1 atom stereocenters. The van der Waals surface area contributed by atoms with Gasteiger partial charge in [0.05, 0.1) is 6.61 Å². The van der Waals surface area contributed by atoms with E-state index in [4.69, 9.17) is 9.47 Å². The molecule has 2 aromatic carbocycles. The predicted molar refractivity (Wildman–Crippen MR) is 82.1 cm³/mol. The van der Waals surface area contributed by atoms with Gasteiger partial charge in [0.15, 0.2) is 0 Å². The second-order valence-electron chi connectivity index (χ2n) is 4.90. The fraction of sp³-hybridized carbons (Fsp3) is 0.333. The highest BCUT2D eigenvalue weighted by atomic mass is 16.5. The molecule has 0 saturated heterocycles. The van der Waals surface area contributed by atoms with Crippen LogP contribution in [0.4, 0.5) is 0 Å². The van der Waals surface area contributed by atoms with Crippen molar-refractivity contribution in [3.8, 4) is 5.75 Å². The van der Waals surface area contributed by atoms with Crippen molar-refractivity contribution in [2.24, 2.45) is 0 Å². The average molecular weight is 270 g/mol. The molecule has 0 saturated carbocycles. The maximum Gasteiger partial charge on any atom is 0.119 e. The highest BCUT2D eigenvalue weighted by Gasteiger charge is 2.05. The van der Waals surface area contributed by atoms with Gasteiger partial charge in [0.25, 0.3) is 0 Å². The lowest BCUT2D eigenvalue weighted by atomic mass is 10.0. The Hall–Kier alpha value is -1.80. The van der Waals surface area contributed by atoms with Gasteiger partial charge in [-0.05, 0) is 30.2 Å². The van der Waals surface area contributed by atoms with Crippen molar-refractivity contribution < 1.29 is 9.47 Å². The SMILES string of the molecule is CCOCC(C)c1ccc(OCc2ccccc2)cc1. The van der Waals surface area contributed by atoms with Crippen molar-refractivity contribution in [2.75, 3.05) is 13.2 Å². The van der Waals surface area contributed by atoms with Gasteiger partial charge >= 0.3 is 0 Å². The molecule has 2 heteroatoms. The van der Waals surface area contributed by atoms with Crippen LogP contribution in [0.1, 0.15) is 30.9 Å². The largest absolute Gasteiger partial charge is 0.489 e. The number of ether oxygens (including phenoxy) is 2. The summed E-state index contributed by atoms with van der Waals surface area (Å²) in [5.41, 5.74) is 2.46. The standard InChI is InChI=1S/C18H22O2/c1-3-19-13-15(2)17-9-11-18(12-10-17)20-14-16-7-5-4-6-8-16/h4-12,15H,3,13-14H2,1-2H3. The minimum Gasteiger partial charge on any atom is -0.489 e. The second kappa shape index (κ2) is 7.71. The monoisotopic (exact) mass is 270 g/mol. The summed E-state index contributed by atoms with van der Waals surface area (Å²) in [7, 11) is 0. The molecule has 0 aliphatic carbocycles. The van der Waals surface area contributed by atoms with Gasteiger partial charge in [-0.1, -0.05) is 49.4 Å². The molecule has 106 valence electrons. The molecule has 2 nitrogen and oxygen atoms in total. The van der Waals surface area contributed by atoms with E-state index in [1.165, 1.54) is 11.1 Å². The molecule has 20 heavy (non-hydrogen) atoms. The van der Waals surface area contributed by atoms with E-state index in [1.54, 1.807) is 0 Å². The molecule has 2 rings (SSSR count). The third kappa shape index (κ3) is 4.39. The first kappa shape index (κ1) is 14.6. The molecule has 1 unspecified atom stereocenters. The second-order valence-corrected chi connectivity index (χ2v) is 4.90. The molecular formula is C18H22O2. The van der Waals surface area contributed by atoms with E-state index in [-0.39, 0.29) is 0 Å². The van der Waals surface area contributed by atoms with Crippen LogP contribution in [0.3, 0.4) is 0 Å². The van der Waals surface area contributed by atoms with Gasteiger partial charge in [-0.25, -0.2) is 0 Å². The highest BCUT2D eigenvalue weighted by molar-refractivity contribution is 5.29. The van der Waals surface area contributed by atoms with Crippen LogP contribution in [-0.2, 0) is 11.3 Å². The first-order valence-electron chi connectivity index (χ1n) is 7.14. The summed E-state index contributed by atoms with van der Waals surface area (Å²) in [6.45, 7) is 6.33. The molecule has 0 N–H and O–H groups in total. The maximum atomic E-state index is 5.78. The fourth-order valence-corrected chi connectivity index (χ4v) is 2.02. The lowest BCUT2D eigenvalue weighted by Crippen LogP contribution is -2.04. The number of benzene rings is 2. The van der Waals surface area contributed by atoms with E-state index in [0.717, 1.165) is 19.0 Å². The molecule has 0 bridgehead atoms. The Balaban J connectivity index is 1.88. The van der Waals surface area contributed by atoms with Crippen molar-refractivity contribution in [3.05, 3.63) is 65.7 Å². The third-order valence-electron chi connectivity index (χ3n) is 3.27. The van der Waals surface area contributed by atoms with E-state index in [0.29, 0.717) is 12.5 Å². The van der Waals surface area contributed by atoms with Gasteiger partial charge < -0.3 is 9.47 Å². The first-order valence-corrected chi connectivity index (χ1v) is 7.14. The molecule has 0 fully saturated rings. The number of hydrogen-bond donors (Lipinski definition) is 0. The summed E-state index contributed by atoms with van der Waals surface area (Å²) < 4.78 is 11.2. The van der Waals surface area contributed by atoms with Crippen molar-refractivity contribution in [1.82, 2.24) is 0 Å². The minimum absolute atomic E-state index is 0.415. The summed E-state index contributed by atoms with van der Waals surface area (Å²) in [6, 6.07) is 18.5. The molecule has 0 radical (unpaired) electrons. The maximum absolute atomic E-state index is 5.78. The summed E-state index contributed by atoms with van der Waals surface area (Å²) in [6.07, 6.45) is 0. The van der Waals surface area contributed by atoms with E-state index in [2.05, 4.69) is 31.2 Å². The van der Waals surface area contributed by atoms with Gasteiger partial charge in [0.1, 0.15) is 12.4 Å². The zero-order valence-electron chi connectivity index (χ0n) is 12.2. The normalized spacial score (nSPS) is 12.1. The van der Waals surface area contributed by atoms with Crippen LogP contribution in [0.25, 0.3) is 0 Å². The Bertz CT molecular complexity index is 491. The molecule has 2 aromatic rings. The lowest BCUT2D eigenvalue weighted by molar-refractivity contribution is 0.136. The Kier molecular flexibility index (Phi) is 5.63. The summed E-state index contributed by atoms with van der Waals surface area (Å²) in [5.74, 6) is 1.32. The zero-order chi connectivity index (χ0) is 14.2. The van der Waals surface area contributed by atoms with Gasteiger partial charge in [-0.15, -0.1) is 0 Å². The number of rotatable bonds is 7. The Morgan fingerprint density at radius 2 is 1.65 bits per heavy atom. The molecule has 0 aliphatic rings. The van der Waals surface area contributed by atoms with Crippen LogP contribution >= 0.6 is 0 Å². The van der Waals surface area contributed by atoms with Crippen molar-refractivity contribution in [1.29, 1.82) is 0 Å². The summed E-state index contributed by atoms with van der Waals surface area (Å²) >= 11 is 0. The average Bonchev–Trinajstić information content (AvgIpc) is 2.52. The summed E-state index contributed by atoms with van der Waals surface area (Å²) in [4.78, 5) is 0. The molecule has 0 amide bonds. The predicted octanol–water partition coefficient (Wildman–Crippen LogP) is 4.41. The smallest absolute Gasteiger partial charge is 0.119 e. The van der Waals surface area contributed by atoms with Crippen molar-refractivity contribution in [2.45, 2.75) is 26.4 Å². The molecule has 0 aliphatic heterocycles. The van der Waals surface area contributed by atoms with Gasteiger partial charge in [-0.3, -0.25) is 0 Å². The minimum atomic E-state index is 0.415. The van der Waals surface area contributed by atoms with Crippen LogP contribution in [0.2, 0.25) is 0 Å². The Labute approximate surface area is 121 Å². The Morgan fingerprint density at radius 1 is 0.950 bits per heavy atom. The van der Waals surface area contributed by atoms with E-state index < -0.39 is 0 Å². The quantitative estimate of drug-likeness (QED) is 0.742. The van der Waals surface area contributed by atoms with Crippen molar-refractivity contribution in [3.63, 3.8) is 0 Å². The van der Waals surface area contributed by atoms with Gasteiger partial charge in [0, 0.05) is 12.5 Å². The van der Waals surface area contributed by atoms with Crippen LogP contribution in [0.5, 0.6) is 5.75 Å².